The molecule has 1 heterocycles. The SMILES string of the molecule is CCNC(=NCc1ccc(S(=O)(=O)N2CCCCC2)cc1)NCCOC.I. The number of guanidine groups is 1. The van der Waals surface area contributed by atoms with Crippen LogP contribution < -0.4 is 10.6 Å². The van der Waals surface area contributed by atoms with Crippen LogP contribution in [0.3, 0.4) is 0 Å². The summed E-state index contributed by atoms with van der Waals surface area (Å²) >= 11 is 0. The van der Waals surface area contributed by atoms with Gasteiger partial charge in [0.15, 0.2) is 5.96 Å². The smallest absolute Gasteiger partial charge is 0.243 e. The minimum absolute atomic E-state index is 0. The van der Waals surface area contributed by atoms with Crippen LogP contribution in [0.5, 0.6) is 0 Å². The third-order valence-electron chi connectivity index (χ3n) is 4.24. The van der Waals surface area contributed by atoms with Gasteiger partial charge in [-0.05, 0) is 37.5 Å². The van der Waals surface area contributed by atoms with Crippen LogP contribution in [0.15, 0.2) is 34.2 Å². The van der Waals surface area contributed by atoms with Gasteiger partial charge in [-0.2, -0.15) is 4.31 Å². The molecule has 7 nitrogen and oxygen atoms in total. The highest BCUT2D eigenvalue weighted by Crippen LogP contribution is 2.21. The molecule has 1 saturated heterocycles. The molecule has 2 rings (SSSR count). The topological polar surface area (TPSA) is 83.0 Å². The van der Waals surface area contributed by atoms with Crippen LogP contribution >= 0.6 is 24.0 Å². The molecular formula is C18H31IN4O3S. The molecule has 0 aromatic heterocycles. The summed E-state index contributed by atoms with van der Waals surface area (Å²) in [6, 6.07) is 7.03. The summed E-state index contributed by atoms with van der Waals surface area (Å²) in [6.45, 7) is 5.77. The van der Waals surface area contributed by atoms with E-state index in [9.17, 15) is 8.42 Å². The first-order valence-corrected chi connectivity index (χ1v) is 10.6. The maximum atomic E-state index is 12.7. The van der Waals surface area contributed by atoms with E-state index < -0.39 is 10.0 Å². The van der Waals surface area contributed by atoms with Crippen LogP contribution in [-0.2, 0) is 21.3 Å². The van der Waals surface area contributed by atoms with Gasteiger partial charge >= 0.3 is 0 Å². The van der Waals surface area contributed by atoms with Gasteiger partial charge < -0.3 is 15.4 Å². The fraction of sp³-hybridized carbons (Fsp3) is 0.611. The van der Waals surface area contributed by atoms with E-state index in [0.717, 1.165) is 37.3 Å². The third kappa shape index (κ3) is 7.55. The Bertz CT molecular complexity index is 674. The Morgan fingerprint density at radius 1 is 1.15 bits per heavy atom. The van der Waals surface area contributed by atoms with Gasteiger partial charge in [0.25, 0.3) is 0 Å². The molecule has 2 N–H and O–H groups in total. The normalized spacial score (nSPS) is 15.9. The van der Waals surface area contributed by atoms with Crippen molar-refractivity contribution in [2.75, 3.05) is 39.9 Å². The Labute approximate surface area is 180 Å². The molecule has 0 unspecified atom stereocenters. The van der Waals surface area contributed by atoms with E-state index in [1.54, 1.807) is 23.5 Å². The zero-order chi connectivity index (χ0) is 18.8. The second kappa shape index (κ2) is 12.5. The van der Waals surface area contributed by atoms with Gasteiger partial charge in [0, 0.05) is 33.3 Å². The highest BCUT2D eigenvalue weighted by atomic mass is 127. The Morgan fingerprint density at radius 3 is 2.41 bits per heavy atom. The maximum absolute atomic E-state index is 12.7. The standard InChI is InChI=1S/C18H30N4O3S.HI/c1-3-19-18(20-11-14-25-2)21-15-16-7-9-17(10-8-16)26(23,24)22-12-5-4-6-13-22;/h7-10H,3-6,11-15H2,1-2H3,(H2,19,20,21);1H. The van der Waals surface area contributed by atoms with Crippen LogP contribution in [0.25, 0.3) is 0 Å². The number of hydrogen-bond acceptors (Lipinski definition) is 4. The molecule has 0 amide bonds. The number of ether oxygens (including phenoxy) is 1. The Morgan fingerprint density at radius 2 is 1.81 bits per heavy atom. The average Bonchev–Trinajstić information content (AvgIpc) is 2.67. The number of hydrogen-bond donors (Lipinski definition) is 2. The van der Waals surface area contributed by atoms with Gasteiger partial charge in [0.1, 0.15) is 0 Å². The van der Waals surface area contributed by atoms with Gasteiger partial charge in [-0.25, -0.2) is 13.4 Å². The van der Waals surface area contributed by atoms with E-state index >= 15 is 0 Å². The van der Waals surface area contributed by atoms with Gasteiger partial charge in [0.2, 0.25) is 10.0 Å². The predicted molar refractivity (Wildman–Crippen MR) is 119 cm³/mol. The lowest BCUT2D eigenvalue weighted by molar-refractivity contribution is 0.203. The molecule has 0 radical (unpaired) electrons. The summed E-state index contributed by atoms with van der Waals surface area (Å²) < 4.78 is 31.9. The van der Waals surface area contributed by atoms with E-state index in [-0.39, 0.29) is 24.0 Å². The van der Waals surface area contributed by atoms with E-state index in [0.29, 0.717) is 37.7 Å². The average molecular weight is 510 g/mol. The number of nitrogens with one attached hydrogen (secondary N) is 2. The Balaban J connectivity index is 0.00000364. The summed E-state index contributed by atoms with van der Waals surface area (Å²) in [5.74, 6) is 0.717. The molecule has 27 heavy (non-hydrogen) atoms. The number of piperidine rings is 1. The van der Waals surface area contributed by atoms with Crippen molar-refractivity contribution in [2.24, 2.45) is 4.99 Å². The zero-order valence-electron chi connectivity index (χ0n) is 16.1. The first-order chi connectivity index (χ1) is 12.6. The molecule has 1 aliphatic rings. The van der Waals surface area contributed by atoms with Crippen molar-refractivity contribution in [1.29, 1.82) is 0 Å². The molecule has 9 heteroatoms. The Hall–Kier alpha value is -0.910. The van der Waals surface area contributed by atoms with Gasteiger partial charge in [-0.3, -0.25) is 0 Å². The van der Waals surface area contributed by atoms with E-state index in [1.165, 1.54) is 0 Å². The minimum Gasteiger partial charge on any atom is -0.383 e. The second-order valence-electron chi connectivity index (χ2n) is 6.22. The number of benzene rings is 1. The van der Waals surface area contributed by atoms with Gasteiger partial charge in [-0.15, -0.1) is 24.0 Å². The second-order valence-corrected chi connectivity index (χ2v) is 8.16. The molecule has 0 aliphatic carbocycles. The molecule has 1 aliphatic heterocycles. The summed E-state index contributed by atoms with van der Waals surface area (Å²) in [7, 11) is -1.72. The number of nitrogens with zero attached hydrogens (tertiary/aromatic N) is 2. The number of halogens is 1. The minimum atomic E-state index is -3.37. The summed E-state index contributed by atoms with van der Waals surface area (Å²) in [4.78, 5) is 4.87. The van der Waals surface area contributed by atoms with Crippen molar-refractivity contribution in [2.45, 2.75) is 37.6 Å². The van der Waals surface area contributed by atoms with Crippen LogP contribution in [0.1, 0.15) is 31.7 Å². The van der Waals surface area contributed by atoms with Crippen molar-refractivity contribution in [3.63, 3.8) is 0 Å². The van der Waals surface area contributed by atoms with Gasteiger partial charge in [-0.1, -0.05) is 18.6 Å². The largest absolute Gasteiger partial charge is 0.383 e. The van der Waals surface area contributed by atoms with Crippen molar-refractivity contribution in [3.05, 3.63) is 29.8 Å². The Kier molecular flexibility index (Phi) is 11.2. The molecule has 1 aromatic carbocycles. The molecule has 0 spiro atoms. The van der Waals surface area contributed by atoms with E-state index in [1.807, 2.05) is 19.1 Å². The third-order valence-corrected chi connectivity index (χ3v) is 6.15. The maximum Gasteiger partial charge on any atom is 0.243 e. The molecule has 0 saturated carbocycles. The zero-order valence-corrected chi connectivity index (χ0v) is 19.3. The number of aliphatic imine (C=N–C) groups is 1. The van der Waals surface area contributed by atoms with Crippen molar-refractivity contribution < 1.29 is 13.2 Å². The molecular weight excluding hydrogens is 479 g/mol. The van der Waals surface area contributed by atoms with Crippen molar-refractivity contribution in [3.8, 4) is 0 Å². The lowest BCUT2D eigenvalue weighted by Gasteiger charge is -2.25. The van der Waals surface area contributed by atoms with E-state index in [4.69, 9.17) is 4.74 Å². The lowest BCUT2D eigenvalue weighted by Crippen LogP contribution is -2.38. The van der Waals surface area contributed by atoms with Crippen molar-refractivity contribution in [1.82, 2.24) is 14.9 Å². The van der Waals surface area contributed by atoms with Crippen LogP contribution in [0.4, 0.5) is 0 Å². The molecule has 0 bridgehead atoms. The summed E-state index contributed by atoms with van der Waals surface area (Å²) in [5.41, 5.74) is 0.964. The van der Waals surface area contributed by atoms with Gasteiger partial charge in [0.05, 0.1) is 18.0 Å². The quantitative estimate of drug-likeness (QED) is 0.243. The predicted octanol–water partition coefficient (Wildman–Crippen LogP) is 2.18. The van der Waals surface area contributed by atoms with Crippen LogP contribution in [0.2, 0.25) is 0 Å². The highest BCUT2D eigenvalue weighted by Gasteiger charge is 2.25. The summed E-state index contributed by atoms with van der Waals surface area (Å²) in [5, 5.41) is 6.35. The molecule has 1 fully saturated rings. The number of sulfonamides is 1. The number of methoxy groups -OCH3 is 1. The highest BCUT2D eigenvalue weighted by molar-refractivity contribution is 14.0. The van der Waals surface area contributed by atoms with Crippen molar-refractivity contribution >= 4 is 40.0 Å². The molecule has 154 valence electrons. The van der Waals surface area contributed by atoms with E-state index in [2.05, 4.69) is 15.6 Å². The first kappa shape index (κ1) is 24.1. The monoisotopic (exact) mass is 510 g/mol. The number of rotatable bonds is 8. The first-order valence-electron chi connectivity index (χ1n) is 9.18. The van der Waals surface area contributed by atoms with Crippen LogP contribution in [-0.4, -0.2) is 58.6 Å². The summed E-state index contributed by atoms with van der Waals surface area (Å²) in [6.07, 6.45) is 2.99. The fourth-order valence-corrected chi connectivity index (χ4v) is 4.32. The molecule has 1 aromatic rings. The molecule has 0 atom stereocenters. The lowest BCUT2D eigenvalue weighted by atomic mass is 10.2. The van der Waals surface area contributed by atoms with Crippen LogP contribution in [0, 0.1) is 0 Å². The fourth-order valence-electron chi connectivity index (χ4n) is 2.80.